The average molecular weight is 285 g/mol. The van der Waals surface area contributed by atoms with E-state index in [0.29, 0.717) is 6.61 Å². The van der Waals surface area contributed by atoms with Gasteiger partial charge in [-0.15, -0.1) is 0 Å². The molecule has 0 rings (SSSR count). The lowest BCUT2D eigenvalue weighted by molar-refractivity contribution is 0.186. The minimum atomic E-state index is 0.113. The summed E-state index contributed by atoms with van der Waals surface area (Å²) in [5.41, 5.74) is 0. The van der Waals surface area contributed by atoms with Crippen LogP contribution in [0.15, 0.2) is 0 Å². The predicted octanol–water partition coefficient (Wildman–Crippen LogP) is 5.65. The zero-order valence-corrected chi connectivity index (χ0v) is 13.6. The second kappa shape index (κ2) is 18.9. The van der Waals surface area contributed by atoms with Crippen molar-refractivity contribution in [2.75, 3.05) is 13.2 Å². The summed E-state index contributed by atoms with van der Waals surface area (Å²) in [6, 6.07) is 0. The van der Waals surface area contributed by atoms with Crippen LogP contribution in [-0.2, 0) is 5.11 Å². The molecule has 0 saturated carbocycles. The van der Waals surface area contributed by atoms with E-state index in [0.717, 1.165) is 19.3 Å². The summed E-state index contributed by atoms with van der Waals surface area (Å²) in [7, 11) is 0. The van der Waals surface area contributed by atoms with E-state index in [4.69, 9.17) is 5.11 Å². The maximum absolute atomic E-state index is 10.3. The normalized spacial score (nSPS) is 11.1. The van der Waals surface area contributed by atoms with Gasteiger partial charge < -0.3 is 5.11 Å². The van der Waals surface area contributed by atoms with E-state index in [1.807, 2.05) is 0 Å². The van der Waals surface area contributed by atoms with Crippen LogP contribution in [0.5, 0.6) is 0 Å². The van der Waals surface area contributed by atoms with Crippen LogP contribution in [0, 0.1) is 0 Å². The fraction of sp³-hybridized carbons (Fsp3) is 1.00. The Labute approximate surface area is 127 Å². The van der Waals surface area contributed by atoms with E-state index in [1.54, 1.807) is 0 Å². The van der Waals surface area contributed by atoms with Crippen molar-refractivity contribution >= 4 is 0 Å². The minimum Gasteiger partial charge on any atom is -0.396 e. The van der Waals surface area contributed by atoms with Crippen LogP contribution in [0.2, 0.25) is 0 Å². The van der Waals surface area contributed by atoms with Crippen molar-refractivity contribution in [2.24, 2.45) is 0 Å². The van der Waals surface area contributed by atoms with Crippen LogP contribution < -0.4 is 0 Å². The molecule has 0 fully saturated rings. The van der Waals surface area contributed by atoms with Crippen molar-refractivity contribution in [3.63, 3.8) is 0 Å². The van der Waals surface area contributed by atoms with E-state index in [1.165, 1.54) is 83.5 Å². The molecule has 2 heteroatoms. The lowest BCUT2D eigenvalue weighted by Crippen LogP contribution is -1.85. The number of hydrogen-bond donors (Lipinski definition) is 1. The van der Waals surface area contributed by atoms with Gasteiger partial charge in [-0.1, -0.05) is 89.9 Å². The Morgan fingerprint density at radius 2 is 0.650 bits per heavy atom. The third kappa shape index (κ3) is 17.9. The molecule has 0 spiro atoms. The number of unbranched alkanes of at least 4 members (excludes halogenated alkanes) is 15. The summed E-state index contributed by atoms with van der Waals surface area (Å²) in [6.07, 6.45) is 20.6. The summed E-state index contributed by atoms with van der Waals surface area (Å²) in [4.78, 5) is 0. The maximum atomic E-state index is 10.3. The molecule has 0 bridgehead atoms. The van der Waals surface area contributed by atoms with Crippen molar-refractivity contribution in [3.8, 4) is 0 Å². The molecule has 1 radical (unpaired) electrons. The Bertz CT molecular complexity index is 141. The van der Waals surface area contributed by atoms with Crippen LogP contribution in [0.4, 0.5) is 0 Å². The molecular formula is C18H37O2. The standard InChI is InChI=1S/C18H37O2/c19-17-15-13-11-9-7-5-3-1-2-4-6-8-10-12-14-16-18-20/h19H,1-18H2. The highest BCUT2D eigenvalue weighted by Crippen LogP contribution is 2.13. The molecule has 1 N–H and O–H groups in total. The van der Waals surface area contributed by atoms with Gasteiger partial charge in [-0.05, 0) is 12.8 Å². The van der Waals surface area contributed by atoms with Crippen LogP contribution >= 0.6 is 0 Å². The molecule has 0 saturated heterocycles. The molecule has 0 aromatic rings. The molecule has 0 unspecified atom stereocenters. The summed E-state index contributed by atoms with van der Waals surface area (Å²) in [6.45, 7) is 0.472. The van der Waals surface area contributed by atoms with E-state index < -0.39 is 0 Å². The van der Waals surface area contributed by atoms with Crippen LogP contribution in [0.25, 0.3) is 0 Å². The summed E-state index contributed by atoms with van der Waals surface area (Å²) < 4.78 is 0. The van der Waals surface area contributed by atoms with Crippen molar-refractivity contribution in [1.82, 2.24) is 0 Å². The summed E-state index contributed by atoms with van der Waals surface area (Å²) in [5, 5.41) is 18.9. The first-order chi connectivity index (χ1) is 9.91. The summed E-state index contributed by atoms with van der Waals surface area (Å²) >= 11 is 0. The lowest BCUT2D eigenvalue weighted by Gasteiger charge is -2.03. The van der Waals surface area contributed by atoms with E-state index in [-0.39, 0.29) is 6.61 Å². The molecule has 0 heterocycles. The Morgan fingerprint density at radius 3 is 0.900 bits per heavy atom. The monoisotopic (exact) mass is 285 g/mol. The zero-order chi connectivity index (χ0) is 14.7. The van der Waals surface area contributed by atoms with Gasteiger partial charge in [0.2, 0.25) is 0 Å². The van der Waals surface area contributed by atoms with Crippen LogP contribution in [0.3, 0.4) is 0 Å². The van der Waals surface area contributed by atoms with Crippen LogP contribution in [0.1, 0.15) is 103 Å². The van der Waals surface area contributed by atoms with Crippen molar-refractivity contribution in [1.29, 1.82) is 0 Å². The second-order valence-corrected chi connectivity index (χ2v) is 6.08. The van der Waals surface area contributed by atoms with Gasteiger partial charge in [-0.25, -0.2) is 5.11 Å². The molecular weight excluding hydrogens is 248 g/mol. The van der Waals surface area contributed by atoms with Gasteiger partial charge in [-0.3, -0.25) is 0 Å². The summed E-state index contributed by atoms with van der Waals surface area (Å²) in [5.74, 6) is 0. The molecule has 121 valence electrons. The first-order valence-corrected chi connectivity index (χ1v) is 9.10. The van der Waals surface area contributed by atoms with Crippen molar-refractivity contribution in [2.45, 2.75) is 103 Å². The quantitative estimate of drug-likeness (QED) is 0.345. The highest BCUT2D eigenvalue weighted by molar-refractivity contribution is 4.49. The Morgan fingerprint density at radius 1 is 0.400 bits per heavy atom. The van der Waals surface area contributed by atoms with Crippen LogP contribution in [-0.4, -0.2) is 18.3 Å². The Kier molecular flexibility index (Phi) is 18.8. The topological polar surface area (TPSA) is 40.1 Å². The number of aliphatic hydroxyl groups excluding tert-OH is 1. The van der Waals surface area contributed by atoms with Gasteiger partial charge in [0.15, 0.2) is 0 Å². The van der Waals surface area contributed by atoms with Gasteiger partial charge in [0, 0.05) is 6.61 Å². The predicted molar refractivity (Wildman–Crippen MR) is 86.5 cm³/mol. The molecule has 2 nitrogen and oxygen atoms in total. The fourth-order valence-corrected chi connectivity index (χ4v) is 2.69. The molecule has 0 amide bonds. The zero-order valence-electron chi connectivity index (χ0n) is 13.6. The number of hydrogen-bond acceptors (Lipinski definition) is 1. The largest absolute Gasteiger partial charge is 0.396 e. The van der Waals surface area contributed by atoms with E-state index in [9.17, 15) is 5.11 Å². The molecule has 0 aromatic heterocycles. The highest BCUT2D eigenvalue weighted by atomic mass is 16.3. The average Bonchev–Trinajstić information content (AvgIpc) is 2.47. The van der Waals surface area contributed by atoms with Gasteiger partial charge in [-0.2, -0.15) is 0 Å². The SMILES string of the molecule is [O]CCCCCCCCCCCCCCCCCCO. The van der Waals surface area contributed by atoms with Gasteiger partial charge in [0.05, 0.1) is 6.61 Å². The van der Waals surface area contributed by atoms with Gasteiger partial charge >= 0.3 is 0 Å². The van der Waals surface area contributed by atoms with E-state index in [2.05, 4.69) is 0 Å². The molecule has 0 aliphatic carbocycles. The van der Waals surface area contributed by atoms with Gasteiger partial charge in [0.1, 0.15) is 0 Å². The third-order valence-electron chi connectivity index (χ3n) is 4.05. The highest BCUT2D eigenvalue weighted by Gasteiger charge is 1.94. The molecule has 0 atom stereocenters. The third-order valence-corrected chi connectivity index (χ3v) is 4.05. The number of rotatable bonds is 17. The molecule has 0 aliphatic heterocycles. The molecule has 0 aromatic carbocycles. The fourth-order valence-electron chi connectivity index (χ4n) is 2.69. The van der Waals surface area contributed by atoms with Crippen molar-refractivity contribution < 1.29 is 10.2 Å². The second-order valence-electron chi connectivity index (χ2n) is 6.08. The first-order valence-electron chi connectivity index (χ1n) is 9.10. The van der Waals surface area contributed by atoms with Gasteiger partial charge in [0.25, 0.3) is 0 Å². The number of aliphatic hydroxyl groups is 1. The smallest absolute Gasteiger partial charge is 0.0822 e. The van der Waals surface area contributed by atoms with E-state index >= 15 is 0 Å². The lowest BCUT2D eigenvalue weighted by atomic mass is 10.0. The molecule has 20 heavy (non-hydrogen) atoms. The first kappa shape index (κ1) is 19.9. The maximum Gasteiger partial charge on any atom is 0.0822 e. The van der Waals surface area contributed by atoms with Crippen molar-refractivity contribution in [3.05, 3.63) is 0 Å². The molecule has 0 aliphatic rings. The Hall–Kier alpha value is -0.0800. The minimum absolute atomic E-state index is 0.113. The Balaban J connectivity index is 2.89.